The molecule has 2 heterocycles. The van der Waals surface area contributed by atoms with E-state index in [9.17, 15) is 9.59 Å². The molecule has 1 aliphatic rings. The number of rotatable bonds is 1. The molecule has 1 saturated heterocycles. The Hall–Kier alpha value is -0.750. The van der Waals surface area contributed by atoms with Gasteiger partial charge in [0.15, 0.2) is 5.13 Å². The van der Waals surface area contributed by atoms with E-state index >= 15 is 0 Å². The van der Waals surface area contributed by atoms with E-state index in [1.165, 1.54) is 16.2 Å². The average Bonchev–Trinajstić information content (AvgIpc) is 2.52. The minimum Gasteiger partial charge on any atom is -0.274 e. The average molecular weight is 289 g/mol. The fraction of sp³-hybridized carbons (Fsp3) is 0.444. The quantitative estimate of drug-likeness (QED) is 0.746. The Labute approximate surface area is 99.4 Å². The molecule has 0 aliphatic carbocycles. The van der Waals surface area contributed by atoms with E-state index in [0.29, 0.717) is 18.0 Å². The van der Waals surface area contributed by atoms with Crippen molar-refractivity contribution in [2.75, 3.05) is 4.90 Å². The number of halogens is 1. The summed E-state index contributed by atoms with van der Waals surface area (Å²) in [6.07, 6.45) is 4.04. The summed E-state index contributed by atoms with van der Waals surface area (Å²) in [4.78, 5) is 28.6. The summed E-state index contributed by atoms with van der Waals surface area (Å²) in [5.74, 6) is -0.279. The van der Waals surface area contributed by atoms with Crippen LogP contribution in [0.3, 0.4) is 0 Å². The standard InChI is InChI=1S/C9H9BrN2O2S/c10-6-5-11-9(15-6)12-7(13)3-1-2-4-8(12)14/h5H,1-4H2. The molecule has 0 aromatic carbocycles. The van der Waals surface area contributed by atoms with E-state index in [2.05, 4.69) is 20.9 Å². The van der Waals surface area contributed by atoms with Crippen LogP contribution in [0.2, 0.25) is 0 Å². The highest BCUT2D eigenvalue weighted by Crippen LogP contribution is 2.29. The molecular formula is C9H9BrN2O2S. The number of anilines is 1. The van der Waals surface area contributed by atoms with Crippen LogP contribution in [0, 0.1) is 0 Å². The number of imide groups is 1. The Bertz CT molecular complexity index is 387. The second-order valence-corrected chi connectivity index (χ2v) is 5.67. The molecule has 2 rings (SSSR count). The molecule has 1 fully saturated rings. The van der Waals surface area contributed by atoms with Gasteiger partial charge in [-0.1, -0.05) is 11.3 Å². The molecule has 0 saturated carbocycles. The predicted molar refractivity (Wildman–Crippen MR) is 60.8 cm³/mol. The van der Waals surface area contributed by atoms with Crippen LogP contribution >= 0.6 is 27.3 Å². The van der Waals surface area contributed by atoms with Gasteiger partial charge in [-0.05, 0) is 28.8 Å². The van der Waals surface area contributed by atoms with Crippen LogP contribution in [0.4, 0.5) is 5.13 Å². The first-order chi connectivity index (χ1) is 7.18. The van der Waals surface area contributed by atoms with Crippen molar-refractivity contribution in [3.8, 4) is 0 Å². The maximum absolute atomic E-state index is 11.7. The van der Waals surface area contributed by atoms with Crippen LogP contribution < -0.4 is 4.90 Å². The fourth-order valence-corrected chi connectivity index (χ4v) is 2.69. The lowest BCUT2D eigenvalue weighted by molar-refractivity contribution is -0.125. The minimum absolute atomic E-state index is 0.139. The first kappa shape index (κ1) is 10.8. The molecule has 0 N–H and O–H groups in total. The number of nitrogens with zero attached hydrogens (tertiary/aromatic N) is 2. The van der Waals surface area contributed by atoms with Gasteiger partial charge in [-0.3, -0.25) is 9.59 Å². The highest BCUT2D eigenvalue weighted by Gasteiger charge is 2.27. The third-order valence-electron chi connectivity index (χ3n) is 2.19. The summed E-state index contributed by atoms with van der Waals surface area (Å²) in [6.45, 7) is 0. The van der Waals surface area contributed by atoms with E-state index in [1.807, 2.05) is 0 Å². The summed E-state index contributed by atoms with van der Waals surface area (Å²) in [7, 11) is 0. The first-order valence-corrected chi connectivity index (χ1v) is 6.26. The maximum Gasteiger partial charge on any atom is 0.235 e. The van der Waals surface area contributed by atoms with Gasteiger partial charge in [0.2, 0.25) is 11.8 Å². The Morgan fingerprint density at radius 2 is 1.87 bits per heavy atom. The second kappa shape index (κ2) is 4.40. The van der Waals surface area contributed by atoms with Crippen LogP contribution in [0.15, 0.2) is 9.98 Å². The maximum atomic E-state index is 11.7. The lowest BCUT2D eigenvalue weighted by Gasteiger charge is -2.14. The Kier molecular flexibility index (Phi) is 3.16. The Balaban J connectivity index is 2.31. The summed E-state index contributed by atoms with van der Waals surface area (Å²) in [5, 5.41) is 0.471. The molecule has 0 radical (unpaired) electrons. The monoisotopic (exact) mass is 288 g/mol. The topological polar surface area (TPSA) is 50.3 Å². The van der Waals surface area contributed by atoms with Crippen LogP contribution in [0.1, 0.15) is 25.7 Å². The van der Waals surface area contributed by atoms with E-state index in [0.717, 1.165) is 16.6 Å². The van der Waals surface area contributed by atoms with Gasteiger partial charge in [-0.2, -0.15) is 0 Å². The molecule has 0 bridgehead atoms. The van der Waals surface area contributed by atoms with Gasteiger partial charge in [0.05, 0.1) is 9.98 Å². The van der Waals surface area contributed by atoms with Crippen molar-refractivity contribution in [2.45, 2.75) is 25.7 Å². The van der Waals surface area contributed by atoms with Crippen LogP contribution in [0.25, 0.3) is 0 Å². The lowest BCUT2D eigenvalue weighted by Crippen LogP contribution is -2.34. The van der Waals surface area contributed by atoms with Gasteiger partial charge in [0.25, 0.3) is 0 Å². The zero-order chi connectivity index (χ0) is 10.8. The second-order valence-electron chi connectivity index (χ2n) is 3.28. The number of thiazole rings is 1. The van der Waals surface area contributed by atoms with Crippen molar-refractivity contribution < 1.29 is 9.59 Å². The number of aromatic nitrogens is 1. The number of hydrogen-bond acceptors (Lipinski definition) is 4. The molecule has 6 heteroatoms. The van der Waals surface area contributed by atoms with Crippen LogP contribution in [-0.4, -0.2) is 16.8 Å². The van der Waals surface area contributed by atoms with Crippen LogP contribution in [0.5, 0.6) is 0 Å². The zero-order valence-electron chi connectivity index (χ0n) is 7.90. The van der Waals surface area contributed by atoms with E-state index in [4.69, 9.17) is 0 Å². The summed E-state index contributed by atoms with van der Waals surface area (Å²) < 4.78 is 0.822. The number of hydrogen-bond donors (Lipinski definition) is 0. The summed E-state index contributed by atoms with van der Waals surface area (Å²) in [6, 6.07) is 0. The van der Waals surface area contributed by atoms with Crippen molar-refractivity contribution >= 4 is 44.2 Å². The van der Waals surface area contributed by atoms with Gasteiger partial charge in [-0.15, -0.1) is 0 Å². The van der Waals surface area contributed by atoms with Gasteiger partial charge in [0.1, 0.15) is 0 Å². The molecule has 1 aromatic heterocycles. The first-order valence-electron chi connectivity index (χ1n) is 4.65. The molecule has 1 aliphatic heterocycles. The summed E-state index contributed by atoms with van der Waals surface area (Å²) in [5.41, 5.74) is 0. The fourth-order valence-electron chi connectivity index (χ4n) is 1.48. The minimum atomic E-state index is -0.139. The van der Waals surface area contributed by atoms with Crippen LogP contribution in [-0.2, 0) is 9.59 Å². The summed E-state index contributed by atoms with van der Waals surface area (Å²) >= 11 is 4.57. The van der Waals surface area contributed by atoms with Crippen molar-refractivity contribution in [3.05, 3.63) is 9.98 Å². The third kappa shape index (κ3) is 2.26. The van der Waals surface area contributed by atoms with Gasteiger partial charge in [-0.25, -0.2) is 9.88 Å². The van der Waals surface area contributed by atoms with Crippen molar-refractivity contribution in [3.63, 3.8) is 0 Å². The smallest absolute Gasteiger partial charge is 0.235 e. The zero-order valence-corrected chi connectivity index (χ0v) is 10.3. The van der Waals surface area contributed by atoms with Gasteiger partial charge in [0, 0.05) is 12.8 Å². The number of carbonyl (C=O) groups is 2. The normalized spacial score (nSPS) is 18.1. The molecule has 80 valence electrons. The molecule has 1 aromatic rings. The van der Waals surface area contributed by atoms with Gasteiger partial charge < -0.3 is 0 Å². The van der Waals surface area contributed by atoms with Gasteiger partial charge >= 0.3 is 0 Å². The lowest BCUT2D eigenvalue weighted by atomic mass is 10.2. The van der Waals surface area contributed by atoms with E-state index < -0.39 is 0 Å². The molecule has 15 heavy (non-hydrogen) atoms. The molecular weight excluding hydrogens is 280 g/mol. The third-order valence-corrected chi connectivity index (χ3v) is 3.65. The highest BCUT2D eigenvalue weighted by molar-refractivity contribution is 9.11. The molecule has 0 atom stereocenters. The molecule has 2 amide bonds. The van der Waals surface area contributed by atoms with E-state index in [-0.39, 0.29) is 11.8 Å². The van der Waals surface area contributed by atoms with Crippen molar-refractivity contribution in [2.24, 2.45) is 0 Å². The van der Waals surface area contributed by atoms with Crippen molar-refractivity contribution in [1.29, 1.82) is 0 Å². The van der Waals surface area contributed by atoms with Crippen molar-refractivity contribution in [1.82, 2.24) is 4.98 Å². The molecule has 4 nitrogen and oxygen atoms in total. The highest BCUT2D eigenvalue weighted by atomic mass is 79.9. The predicted octanol–water partition coefficient (Wildman–Crippen LogP) is 2.34. The van der Waals surface area contributed by atoms with E-state index in [1.54, 1.807) is 6.20 Å². The SMILES string of the molecule is O=C1CCCCC(=O)N1c1ncc(Br)s1. The Morgan fingerprint density at radius 3 is 2.33 bits per heavy atom. The largest absolute Gasteiger partial charge is 0.274 e. The Morgan fingerprint density at radius 1 is 1.27 bits per heavy atom. The molecule has 0 spiro atoms. The number of amides is 2. The number of carbonyl (C=O) groups excluding carboxylic acids is 2. The molecule has 0 unspecified atom stereocenters.